The summed E-state index contributed by atoms with van der Waals surface area (Å²) in [5.74, 6) is 3.66. The summed E-state index contributed by atoms with van der Waals surface area (Å²) in [7, 11) is 0. The molecule has 0 saturated carbocycles. The summed E-state index contributed by atoms with van der Waals surface area (Å²) in [6.45, 7) is 6.80. The van der Waals surface area contributed by atoms with Crippen molar-refractivity contribution in [3.8, 4) is 12.3 Å². The third-order valence-corrected chi connectivity index (χ3v) is 2.95. The van der Waals surface area contributed by atoms with Crippen LogP contribution in [0, 0.1) is 18.3 Å². The van der Waals surface area contributed by atoms with Crippen LogP contribution in [0.15, 0.2) is 18.3 Å². The number of hydrogen-bond donors (Lipinski definition) is 2. The second-order valence-corrected chi connectivity index (χ2v) is 5.34. The van der Waals surface area contributed by atoms with Crippen molar-refractivity contribution < 1.29 is 4.79 Å². The molecule has 1 atom stereocenters. The molecule has 0 saturated heterocycles. The van der Waals surface area contributed by atoms with Crippen LogP contribution in [0.25, 0.3) is 0 Å². The molecule has 1 heterocycles. The van der Waals surface area contributed by atoms with Crippen LogP contribution in [-0.2, 0) is 0 Å². The second kappa shape index (κ2) is 8.21. The Labute approximate surface area is 121 Å². The molecule has 0 aliphatic heterocycles. The molecule has 2 N–H and O–H groups in total. The molecule has 4 nitrogen and oxygen atoms in total. The first-order chi connectivity index (χ1) is 9.52. The molecule has 0 aromatic carbocycles. The topological polar surface area (TPSA) is 54.0 Å². The van der Waals surface area contributed by atoms with Gasteiger partial charge < -0.3 is 10.6 Å². The van der Waals surface area contributed by atoms with E-state index in [1.165, 1.54) is 6.42 Å². The number of rotatable bonds is 7. The summed E-state index contributed by atoms with van der Waals surface area (Å²) in [6.07, 6.45) is 8.93. The highest BCUT2D eigenvalue weighted by molar-refractivity contribution is 5.94. The minimum absolute atomic E-state index is 0.199. The lowest BCUT2D eigenvalue weighted by molar-refractivity contribution is 0.0958. The molecule has 1 aromatic heterocycles. The Bertz CT molecular complexity index is 460. The van der Waals surface area contributed by atoms with Crippen LogP contribution >= 0.6 is 0 Å². The predicted octanol–water partition coefficient (Wildman–Crippen LogP) is 2.68. The van der Waals surface area contributed by atoms with Gasteiger partial charge in [0, 0.05) is 12.2 Å². The van der Waals surface area contributed by atoms with Gasteiger partial charge in [-0.25, -0.2) is 4.98 Å². The van der Waals surface area contributed by atoms with Crippen molar-refractivity contribution in [2.24, 2.45) is 5.92 Å². The van der Waals surface area contributed by atoms with Crippen LogP contribution in [0.3, 0.4) is 0 Å². The number of anilines is 1. The van der Waals surface area contributed by atoms with Crippen molar-refractivity contribution in [3.05, 3.63) is 23.9 Å². The van der Waals surface area contributed by atoms with Crippen molar-refractivity contribution in [1.82, 2.24) is 10.3 Å². The average molecular weight is 273 g/mol. The smallest absolute Gasteiger partial charge is 0.253 e. The normalized spacial score (nSPS) is 11.8. The van der Waals surface area contributed by atoms with E-state index in [4.69, 9.17) is 6.42 Å². The first kappa shape index (κ1) is 16.0. The number of terminal acetylenes is 1. The van der Waals surface area contributed by atoms with Crippen molar-refractivity contribution in [2.75, 3.05) is 11.9 Å². The number of carbonyl (C=O) groups is 1. The highest BCUT2D eigenvalue weighted by Gasteiger charge is 2.07. The van der Waals surface area contributed by atoms with Gasteiger partial charge in [-0.3, -0.25) is 4.79 Å². The first-order valence-electron chi connectivity index (χ1n) is 6.97. The van der Waals surface area contributed by atoms with E-state index in [-0.39, 0.29) is 12.5 Å². The molecule has 0 aliphatic rings. The average Bonchev–Trinajstić information content (AvgIpc) is 2.43. The fraction of sp³-hybridized carbons (Fsp3) is 0.500. The number of amides is 1. The van der Waals surface area contributed by atoms with E-state index in [9.17, 15) is 4.79 Å². The minimum atomic E-state index is -0.199. The van der Waals surface area contributed by atoms with E-state index in [2.05, 4.69) is 42.3 Å². The van der Waals surface area contributed by atoms with E-state index in [1.54, 1.807) is 12.3 Å². The number of nitrogens with zero attached hydrogens (tertiary/aromatic N) is 1. The molecule has 1 amide bonds. The zero-order valence-corrected chi connectivity index (χ0v) is 12.4. The van der Waals surface area contributed by atoms with Crippen molar-refractivity contribution in [3.63, 3.8) is 0 Å². The summed E-state index contributed by atoms with van der Waals surface area (Å²) in [5.41, 5.74) is 0.514. The Balaban J connectivity index is 2.50. The highest BCUT2D eigenvalue weighted by Crippen LogP contribution is 2.11. The quantitative estimate of drug-likeness (QED) is 0.751. The van der Waals surface area contributed by atoms with Crippen LogP contribution in [0.2, 0.25) is 0 Å². The van der Waals surface area contributed by atoms with Crippen LogP contribution < -0.4 is 10.6 Å². The largest absolute Gasteiger partial charge is 0.368 e. The summed E-state index contributed by atoms with van der Waals surface area (Å²) < 4.78 is 0. The molecule has 0 radical (unpaired) electrons. The maximum absolute atomic E-state index is 11.6. The number of hydrogen-bond acceptors (Lipinski definition) is 3. The van der Waals surface area contributed by atoms with E-state index >= 15 is 0 Å². The third-order valence-electron chi connectivity index (χ3n) is 2.95. The Hall–Kier alpha value is -2.02. The van der Waals surface area contributed by atoms with Gasteiger partial charge in [-0.05, 0) is 37.8 Å². The molecule has 20 heavy (non-hydrogen) atoms. The van der Waals surface area contributed by atoms with Gasteiger partial charge in [0.1, 0.15) is 5.82 Å². The molecule has 1 rings (SSSR count). The zero-order valence-electron chi connectivity index (χ0n) is 12.4. The lowest BCUT2D eigenvalue weighted by Gasteiger charge is -2.15. The Morgan fingerprint density at radius 3 is 2.65 bits per heavy atom. The Kier molecular flexibility index (Phi) is 6.58. The standard InChI is InChI=1S/C16H23N3O/c1-5-10-17-16(20)14-8-9-15(18-11-14)19-13(4)7-6-12(2)3/h1,8-9,11-13H,6-7,10H2,2-4H3,(H,17,20)(H,18,19). The highest BCUT2D eigenvalue weighted by atomic mass is 16.1. The maximum atomic E-state index is 11.6. The molecule has 1 aromatic rings. The number of aromatic nitrogens is 1. The minimum Gasteiger partial charge on any atom is -0.368 e. The van der Waals surface area contributed by atoms with E-state index in [0.29, 0.717) is 17.5 Å². The van der Waals surface area contributed by atoms with Crippen molar-refractivity contribution >= 4 is 11.7 Å². The first-order valence-corrected chi connectivity index (χ1v) is 6.97. The summed E-state index contributed by atoms with van der Waals surface area (Å²) >= 11 is 0. The van der Waals surface area contributed by atoms with Gasteiger partial charge in [-0.1, -0.05) is 19.8 Å². The lowest BCUT2D eigenvalue weighted by Crippen LogP contribution is -2.23. The molecule has 0 aliphatic carbocycles. The fourth-order valence-electron chi connectivity index (χ4n) is 1.75. The van der Waals surface area contributed by atoms with Crippen LogP contribution in [0.5, 0.6) is 0 Å². The van der Waals surface area contributed by atoms with Crippen LogP contribution in [0.4, 0.5) is 5.82 Å². The number of pyridine rings is 1. The molecular weight excluding hydrogens is 250 g/mol. The molecule has 4 heteroatoms. The molecule has 0 fully saturated rings. The van der Waals surface area contributed by atoms with E-state index in [0.717, 1.165) is 12.2 Å². The van der Waals surface area contributed by atoms with Crippen LogP contribution in [-0.4, -0.2) is 23.5 Å². The van der Waals surface area contributed by atoms with Gasteiger partial charge in [0.15, 0.2) is 0 Å². The zero-order chi connectivity index (χ0) is 15.0. The summed E-state index contributed by atoms with van der Waals surface area (Å²) in [4.78, 5) is 15.9. The Morgan fingerprint density at radius 1 is 1.35 bits per heavy atom. The predicted molar refractivity (Wildman–Crippen MR) is 82.6 cm³/mol. The molecular formula is C16H23N3O. The lowest BCUT2D eigenvalue weighted by atomic mass is 10.0. The number of carbonyl (C=O) groups excluding carboxylic acids is 1. The second-order valence-electron chi connectivity index (χ2n) is 5.34. The van der Waals surface area contributed by atoms with Crippen molar-refractivity contribution in [1.29, 1.82) is 0 Å². The van der Waals surface area contributed by atoms with E-state index < -0.39 is 0 Å². The number of nitrogens with one attached hydrogen (secondary N) is 2. The SMILES string of the molecule is C#CCNC(=O)c1ccc(NC(C)CCC(C)C)nc1. The Morgan fingerprint density at radius 2 is 2.10 bits per heavy atom. The van der Waals surface area contributed by atoms with Gasteiger partial charge >= 0.3 is 0 Å². The molecule has 0 spiro atoms. The molecule has 1 unspecified atom stereocenters. The third kappa shape index (κ3) is 5.75. The van der Waals surface area contributed by atoms with Gasteiger partial charge in [0.05, 0.1) is 12.1 Å². The summed E-state index contributed by atoms with van der Waals surface area (Å²) in [5, 5.41) is 5.94. The van der Waals surface area contributed by atoms with Crippen LogP contribution in [0.1, 0.15) is 44.0 Å². The maximum Gasteiger partial charge on any atom is 0.253 e. The van der Waals surface area contributed by atoms with Gasteiger partial charge in [-0.15, -0.1) is 6.42 Å². The van der Waals surface area contributed by atoms with E-state index in [1.807, 2.05) is 6.07 Å². The molecule has 108 valence electrons. The van der Waals surface area contributed by atoms with Crippen molar-refractivity contribution in [2.45, 2.75) is 39.7 Å². The van der Waals surface area contributed by atoms with Gasteiger partial charge in [-0.2, -0.15) is 0 Å². The fourth-order valence-corrected chi connectivity index (χ4v) is 1.75. The van der Waals surface area contributed by atoms with Gasteiger partial charge in [0.2, 0.25) is 0 Å². The van der Waals surface area contributed by atoms with Gasteiger partial charge in [0.25, 0.3) is 5.91 Å². The summed E-state index contributed by atoms with van der Waals surface area (Å²) in [6, 6.07) is 3.93. The monoisotopic (exact) mass is 273 g/mol. The molecule has 0 bridgehead atoms.